The fourth-order valence-corrected chi connectivity index (χ4v) is 2.46. The van der Waals surface area contributed by atoms with Gasteiger partial charge in [0.25, 0.3) is 0 Å². The van der Waals surface area contributed by atoms with E-state index in [9.17, 15) is 14.0 Å². The Morgan fingerprint density at radius 2 is 1.77 bits per heavy atom. The van der Waals surface area contributed by atoms with Gasteiger partial charge in [0.2, 0.25) is 11.8 Å². The van der Waals surface area contributed by atoms with Crippen LogP contribution in [0.25, 0.3) is 0 Å². The Kier molecular flexibility index (Phi) is 6.97. The number of hydrogen-bond donors (Lipinski definition) is 2. The molecular weight excluding hydrogens is 380 g/mol. The SMILES string of the molecule is C[C@H](C(=O)Nc1cc(Cl)ccc1Cl)N(C)CC(=O)Nc1ccc(F)cc1. The largest absolute Gasteiger partial charge is 0.325 e. The van der Waals surface area contributed by atoms with Gasteiger partial charge in [0, 0.05) is 10.7 Å². The number of amides is 2. The second-order valence-corrected chi connectivity index (χ2v) is 6.60. The number of rotatable bonds is 6. The zero-order chi connectivity index (χ0) is 19.3. The molecule has 0 aliphatic rings. The molecule has 0 spiro atoms. The number of halogens is 3. The maximum absolute atomic E-state index is 12.9. The van der Waals surface area contributed by atoms with E-state index in [1.54, 1.807) is 37.1 Å². The predicted molar refractivity (Wildman–Crippen MR) is 102 cm³/mol. The van der Waals surface area contributed by atoms with Gasteiger partial charge in [-0.25, -0.2) is 4.39 Å². The molecule has 0 heterocycles. The van der Waals surface area contributed by atoms with Crippen molar-refractivity contribution >= 4 is 46.4 Å². The van der Waals surface area contributed by atoms with Crippen molar-refractivity contribution in [1.29, 1.82) is 0 Å². The lowest BCUT2D eigenvalue weighted by Crippen LogP contribution is -2.43. The number of anilines is 2. The minimum atomic E-state index is -0.594. The lowest BCUT2D eigenvalue weighted by Gasteiger charge is -2.23. The quantitative estimate of drug-likeness (QED) is 0.773. The third-order valence-electron chi connectivity index (χ3n) is 3.75. The molecule has 2 aromatic rings. The summed E-state index contributed by atoms with van der Waals surface area (Å²) in [7, 11) is 1.65. The van der Waals surface area contributed by atoms with E-state index in [1.807, 2.05) is 0 Å². The van der Waals surface area contributed by atoms with Gasteiger partial charge in [-0.15, -0.1) is 0 Å². The molecular formula is C18H18Cl2FN3O2. The van der Waals surface area contributed by atoms with Crippen molar-refractivity contribution in [2.75, 3.05) is 24.2 Å². The monoisotopic (exact) mass is 397 g/mol. The predicted octanol–water partition coefficient (Wildman–Crippen LogP) is 4.03. The van der Waals surface area contributed by atoms with E-state index >= 15 is 0 Å². The molecule has 138 valence electrons. The van der Waals surface area contributed by atoms with Crippen molar-refractivity contribution in [1.82, 2.24) is 4.90 Å². The zero-order valence-electron chi connectivity index (χ0n) is 14.2. The fourth-order valence-electron chi connectivity index (χ4n) is 2.13. The van der Waals surface area contributed by atoms with E-state index in [2.05, 4.69) is 10.6 Å². The van der Waals surface area contributed by atoms with Gasteiger partial charge in [0.05, 0.1) is 23.3 Å². The highest BCUT2D eigenvalue weighted by Crippen LogP contribution is 2.25. The molecule has 1 atom stereocenters. The Bertz CT molecular complexity index is 800. The molecule has 0 radical (unpaired) electrons. The number of nitrogens with zero attached hydrogens (tertiary/aromatic N) is 1. The Hall–Kier alpha value is -2.15. The van der Waals surface area contributed by atoms with Crippen LogP contribution in [0.5, 0.6) is 0 Å². The topological polar surface area (TPSA) is 61.4 Å². The van der Waals surface area contributed by atoms with E-state index in [0.717, 1.165) is 0 Å². The minimum absolute atomic E-state index is 0.0186. The van der Waals surface area contributed by atoms with E-state index < -0.39 is 6.04 Å². The van der Waals surface area contributed by atoms with Gasteiger partial charge in [0.15, 0.2) is 0 Å². The average Bonchev–Trinajstić information content (AvgIpc) is 2.59. The lowest BCUT2D eigenvalue weighted by molar-refractivity contribution is -0.122. The highest BCUT2D eigenvalue weighted by Gasteiger charge is 2.21. The molecule has 26 heavy (non-hydrogen) atoms. The van der Waals surface area contributed by atoms with Crippen LogP contribution in [-0.2, 0) is 9.59 Å². The standard InChI is InChI=1S/C18H18Cl2FN3O2/c1-11(18(26)23-16-9-12(19)3-8-15(16)20)24(2)10-17(25)22-14-6-4-13(21)5-7-14/h3-9,11H,10H2,1-2H3,(H,22,25)(H,23,26)/t11-/m1/s1. The molecule has 0 fully saturated rings. The van der Waals surface area contributed by atoms with Crippen molar-refractivity contribution < 1.29 is 14.0 Å². The van der Waals surface area contributed by atoms with Crippen LogP contribution in [0.3, 0.4) is 0 Å². The van der Waals surface area contributed by atoms with Gasteiger partial charge in [-0.05, 0) is 56.4 Å². The molecule has 0 saturated carbocycles. The molecule has 0 bridgehead atoms. The molecule has 8 heteroatoms. The highest BCUT2D eigenvalue weighted by molar-refractivity contribution is 6.35. The number of benzene rings is 2. The number of likely N-dealkylation sites (N-methyl/N-ethyl adjacent to an activating group) is 1. The average molecular weight is 398 g/mol. The summed E-state index contributed by atoms with van der Waals surface area (Å²) in [5, 5.41) is 6.15. The second-order valence-electron chi connectivity index (χ2n) is 5.76. The van der Waals surface area contributed by atoms with Crippen LogP contribution in [0.4, 0.5) is 15.8 Å². The van der Waals surface area contributed by atoms with Crippen LogP contribution in [0.1, 0.15) is 6.92 Å². The van der Waals surface area contributed by atoms with E-state index in [4.69, 9.17) is 23.2 Å². The van der Waals surface area contributed by atoms with Gasteiger partial charge in [-0.2, -0.15) is 0 Å². The van der Waals surface area contributed by atoms with Crippen LogP contribution >= 0.6 is 23.2 Å². The Morgan fingerprint density at radius 3 is 2.42 bits per heavy atom. The van der Waals surface area contributed by atoms with Crippen molar-refractivity contribution in [2.24, 2.45) is 0 Å². The van der Waals surface area contributed by atoms with Crippen LogP contribution in [0, 0.1) is 5.82 Å². The maximum Gasteiger partial charge on any atom is 0.241 e. The molecule has 0 unspecified atom stereocenters. The van der Waals surface area contributed by atoms with Crippen LogP contribution in [-0.4, -0.2) is 36.3 Å². The lowest BCUT2D eigenvalue weighted by atomic mass is 10.2. The Morgan fingerprint density at radius 1 is 1.12 bits per heavy atom. The third-order valence-corrected chi connectivity index (χ3v) is 4.31. The summed E-state index contributed by atoms with van der Waals surface area (Å²) in [4.78, 5) is 26.0. The Labute approximate surface area is 161 Å². The summed E-state index contributed by atoms with van der Waals surface area (Å²) < 4.78 is 12.9. The van der Waals surface area contributed by atoms with Crippen molar-refractivity contribution in [3.63, 3.8) is 0 Å². The number of nitrogens with one attached hydrogen (secondary N) is 2. The first-order chi connectivity index (χ1) is 12.3. The van der Waals surface area contributed by atoms with Gasteiger partial charge in [0.1, 0.15) is 5.82 Å². The van der Waals surface area contributed by atoms with Gasteiger partial charge in [-0.1, -0.05) is 23.2 Å². The minimum Gasteiger partial charge on any atom is -0.325 e. The zero-order valence-corrected chi connectivity index (χ0v) is 15.7. The van der Waals surface area contributed by atoms with Gasteiger partial charge < -0.3 is 10.6 Å². The first-order valence-electron chi connectivity index (χ1n) is 7.78. The molecule has 0 saturated heterocycles. The fraction of sp³-hybridized carbons (Fsp3) is 0.222. The van der Waals surface area contributed by atoms with Crippen LogP contribution in [0.15, 0.2) is 42.5 Å². The molecule has 0 aliphatic carbocycles. The molecule has 0 aromatic heterocycles. The summed E-state index contributed by atoms with van der Waals surface area (Å²) in [5.41, 5.74) is 0.882. The molecule has 2 rings (SSSR count). The number of hydrogen-bond acceptors (Lipinski definition) is 3. The van der Waals surface area contributed by atoms with E-state index in [0.29, 0.717) is 21.4 Å². The number of carbonyl (C=O) groups excluding carboxylic acids is 2. The number of carbonyl (C=O) groups is 2. The van der Waals surface area contributed by atoms with Gasteiger partial charge >= 0.3 is 0 Å². The third kappa shape index (κ3) is 5.69. The summed E-state index contributed by atoms with van der Waals surface area (Å²) in [6, 6.07) is 9.60. The van der Waals surface area contributed by atoms with Crippen molar-refractivity contribution in [3.8, 4) is 0 Å². The second kappa shape index (κ2) is 8.98. The van der Waals surface area contributed by atoms with E-state index in [-0.39, 0.29) is 24.2 Å². The van der Waals surface area contributed by atoms with Crippen molar-refractivity contribution in [3.05, 3.63) is 58.3 Å². The smallest absolute Gasteiger partial charge is 0.241 e. The van der Waals surface area contributed by atoms with Crippen LogP contribution in [0.2, 0.25) is 10.0 Å². The van der Waals surface area contributed by atoms with Gasteiger partial charge in [-0.3, -0.25) is 14.5 Å². The Balaban J connectivity index is 1.92. The van der Waals surface area contributed by atoms with Crippen LogP contribution < -0.4 is 10.6 Å². The molecule has 5 nitrogen and oxygen atoms in total. The summed E-state index contributed by atoms with van der Waals surface area (Å²) in [6.45, 7) is 1.65. The molecule has 2 aromatic carbocycles. The molecule has 2 N–H and O–H groups in total. The van der Waals surface area contributed by atoms with E-state index in [1.165, 1.54) is 24.3 Å². The van der Waals surface area contributed by atoms with Crippen molar-refractivity contribution in [2.45, 2.75) is 13.0 Å². The molecule has 0 aliphatic heterocycles. The molecule has 2 amide bonds. The first-order valence-corrected chi connectivity index (χ1v) is 8.53. The highest BCUT2D eigenvalue weighted by atomic mass is 35.5. The summed E-state index contributed by atoms with van der Waals surface area (Å²) in [6.07, 6.45) is 0. The maximum atomic E-state index is 12.9. The first kappa shape index (κ1) is 20.2. The summed E-state index contributed by atoms with van der Waals surface area (Å²) >= 11 is 11.9. The summed E-state index contributed by atoms with van der Waals surface area (Å²) in [5.74, 6) is -1.03. The normalized spacial score (nSPS) is 11.9.